The van der Waals surface area contributed by atoms with Crippen molar-refractivity contribution < 1.29 is 14.3 Å². The highest BCUT2D eigenvalue weighted by Gasteiger charge is 2.21. The van der Waals surface area contributed by atoms with E-state index < -0.39 is 5.97 Å². The van der Waals surface area contributed by atoms with Crippen molar-refractivity contribution in [3.8, 4) is 17.0 Å². The Hall–Kier alpha value is -2.15. The number of esters is 1. The van der Waals surface area contributed by atoms with Gasteiger partial charge in [-0.3, -0.25) is 0 Å². The first-order valence-electron chi connectivity index (χ1n) is 7.21. The van der Waals surface area contributed by atoms with Crippen molar-refractivity contribution in [3.05, 3.63) is 33.9 Å². The number of nitrogen functional groups attached to an aromatic ring is 1. The Balaban J connectivity index is 2.58. The summed E-state index contributed by atoms with van der Waals surface area (Å²) < 4.78 is 11.4. The normalized spacial score (nSPS) is 10.4. The van der Waals surface area contributed by atoms with Gasteiger partial charge in [0.15, 0.2) is 0 Å². The van der Waals surface area contributed by atoms with Crippen molar-refractivity contribution in [2.45, 2.75) is 20.8 Å². The van der Waals surface area contributed by atoms with Crippen LogP contribution in [0.4, 0.5) is 5.95 Å². The third-order valence-corrected chi connectivity index (χ3v) is 3.71. The molecule has 0 aliphatic rings. The highest BCUT2D eigenvalue weighted by Crippen LogP contribution is 2.32. The minimum atomic E-state index is -0.468. The molecule has 0 unspecified atom stereocenters. The third kappa shape index (κ3) is 3.79. The van der Waals surface area contributed by atoms with Crippen LogP contribution in [0.1, 0.15) is 29.9 Å². The average Bonchev–Trinajstić information content (AvgIpc) is 2.48. The number of ether oxygens (including phenoxy) is 2. The molecule has 23 heavy (non-hydrogen) atoms. The van der Waals surface area contributed by atoms with Crippen molar-refractivity contribution >= 4 is 27.8 Å². The lowest BCUT2D eigenvalue weighted by atomic mass is 10.0. The number of benzene rings is 1. The van der Waals surface area contributed by atoms with E-state index in [9.17, 15) is 4.79 Å². The summed E-state index contributed by atoms with van der Waals surface area (Å²) in [7, 11) is 0. The molecule has 0 spiro atoms. The van der Waals surface area contributed by atoms with Gasteiger partial charge in [-0.1, -0.05) is 0 Å². The minimum absolute atomic E-state index is 0.107. The van der Waals surface area contributed by atoms with Crippen LogP contribution >= 0.6 is 15.9 Å². The number of halogens is 1. The summed E-state index contributed by atoms with van der Waals surface area (Å²) >= 11 is 3.46. The molecule has 6 nitrogen and oxygen atoms in total. The second kappa shape index (κ2) is 7.41. The molecule has 0 aliphatic heterocycles. The third-order valence-electron chi connectivity index (χ3n) is 3.09. The van der Waals surface area contributed by atoms with Crippen LogP contribution in [0, 0.1) is 6.92 Å². The molecule has 1 heterocycles. The molecule has 0 fully saturated rings. The van der Waals surface area contributed by atoms with Crippen LogP contribution in [-0.4, -0.2) is 29.2 Å². The number of hydrogen-bond acceptors (Lipinski definition) is 6. The zero-order valence-corrected chi connectivity index (χ0v) is 14.8. The molecule has 0 bridgehead atoms. The Bertz CT molecular complexity index is 735. The fourth-order valence-corrected chi connectivity index (χ4v) is 2.67. The number of aromatic nitrogens is 2. The van der Waals surface area contributed by atoms with Crippen LogP contribution in [0.3, 0.4) is 0 Å². The average molecular weight is 380 g/mol. The Morgan fingerprint density at radius 3 is 2.61 bits per heavy atom. The number of carbonyl (C=O) groups excluding carboxylic acids is 1. The molecule has 2 aromatic rings. The molecule has 2 rings (SSSR count). The van der Waals surface area contributed by atoms with Gasteiger partial charge >= 0.3 is 5.97 Å². The predicted molar refractivity (Wildman–Crippen MR) is 91.4 cm³/mol. The molecule has 1 aromatic carbocycles. The number of carbonyl (C=O) groups is 1. The lowest BCUT2D eigenvalue weighted by Gasteiger charge is -2.13. The molecule has 7 heteroatoms. The monoisotopic (exact) mass is 379 g/mol. The maximum absolute atomic E-state index is 12.2. The maximum Gasteiger partial charge on any atom is 0.342 e. The first kappa shape index (κ1) is 17.2. The molecule has 0 radical (unpaired) electrons. The van der Waals surface area contributed by atoms with E-state index >= 15 is 0 Å². The summed E-state index contributed by atoms with van der Waals surface area (Å²) in [5.41, 5.74) is 7.71. The van der Waals surface area contributed by atoms with Gasteiger partial charge in [-0.15, -0.1) is 0 Å². The van der Waals surface area contributed by atoms with Gasteiger partial charge in [0.1, 0.15) is 11.3 Å². The standard InChI is InChI=1S/C16H18BrN3O3/c1-4-22-12-7-6-10(8-11(12)17)14-13(15(21)23-5-2)9(3)19-16(18)20-14/h6-8H,4-5H2,1-3H3,(H2,18,19,20). The van der Waals surface area contributed by atoms with Crippen molar-refractivity contribution in [2.75, 3.05) is 18.9 Å². The van der Waals surface area contributed by atoms with Crippen molar-refractivity contribution in [2.24, 2.45) is 0 Å². The summed E-state index contributed by atoms with van der Waals surface area (Å²) in [6, 6.07) is 5.46. The quantitative estimate of drug-likeness (QED) is 0.801. The van der Waals surface area contributed by atoms with Gasteiger partial charge in [0, 0.05) is 5.56 Å². The lowest BCUT2D eigenvalue weighted by Crippen LogP contribution is -2.13. The van der Waals surface area contributed by atoms with E-state index in [1.165, 1.54) is 0 Å². The summed E-state index contributed by atoms with van der Waals surface area (Å²) in [4.78, 5) is 20.5. The van der Waals surface area contributed by atoms with Crippen LogP contribution in [-0.2, 0) is 4.74 Å². The fraction of sp³-hybridized carbons (Fsp3) is 0.312. The number of nitrogens with two attached hydrogens (primary N) is 1. The molecule has 2 N–H and O–H groups in total. The zero-order valence-electron chi connectivity index (χ0n) is 13.2. The lowest BCUT2D eigenvalue weighted by molar-refractivity contribution is 0.0525. The van der Waals surface area contributed by atoms with Crippen LogP contribution in [0.15, 0.2) is 22.7 Å². The Labute approximate surface area is 143 Å². The maximum atomic E-state index is 12.2. The second-order valence-electron chi connectivity index (χ2n) is 4.69. The van der Waals surface area contributed by atoms with Crippen molar-refractivity contribution in [3.63, 3.8) is 0 Å². The van der Waals surface area contributed by atoms with Gasteiger partial charge < -0.3 is 15.2 Å². The summed E-state index contributed by atoms with van der Waals surface area (Å²) in [6.07, 6.45) is 0. The van der Waals surface area contributed by atoms with Gasteiger partial charge in [-0.2, -0.15) is 0 Å². The summed E-state index contributed by atoms with van der Waals surface area (Å²) in [5.74, 6) is 0.355. The van der Waals surface area contributed by atoms with Crippen LogP contribution < -0.4 is 10.5 Å². The Morgan fingerprint density at radius 2 is 2.00 bits per heavy atom. The Morgan fingerprint density at radius 1 is 1.26 bits per heavy atom. The highest BCUT2D eigenvalue weighted by atomic mass is 79.9. The van der Waals surface area contributed by atoms with Gasteiger partial charge in [0.2, 0.25) is 5.95 Å². The van der Waals surface area contributed by atoms with Gasteiger partial charge in [0.05, 0.1) is 29.1 Å². The van der Waals surface area contributed by atoms with E-state index in [0.717, 1.165) is 10.0 Å². The smallest absolute Gasteiger partial charge is 0.342 e. The summed E-state index contributed by atoms with van der Waals surface area (Å²) in [5, 5.41) is 0. The molecule has 1 aromatic heterocycles. The molecular weight excluding hydrogens is 362 g/mol. The first-order valence-corrected chi connectivity index (χ1v) is 8.01. The number of hydrogen-bond donors (Lipinski definition) is 1. The van der Waals surface area contributed by atoms with E-state index in [-0.39, 0.29) is 12.6 Å². The van der Waals surface area contributed by atoms with Crippen LogP contribution in [0.5, 0.6) is 5.75 Å². The van der Waals surface area contributed by atoms with E-state index in [4.69, 9.17) is 15.2 Å². The molecule has 0 atom stereocenters. The topological polar surface area (TPSA) is 87.3 Å². The zero-order chi connectivity index (χ0) is 17.0. The fourth-order valence-electron chi connectivity index (χ4n) is 2.17. The number of anilines is 1. The van der Waals surface area contributed by atoms with Crippen LogP contribution in [0.2, 0.25) is 0 Å². The van der Waals surface area contributed by atoms with Crippen molar-refractivity contribution in [1.29, 1.82) is 0 Å². The molecule has 0 aliphatic carbocycles. The number of aryl methyl sites for hydroxylation is 1. The van der Waals surface area contributed by atoms with Gasteiger partial charge in [-0.25, -0.2) is 14.8 Å². The van der Waals surface area contributed by atoms with Crippen LogP contribution in [0.25, 0.3) is 11.3 Å². The van der Waals surface area contributed by atoms with Gasteiger partial charge in [0.25, 0.3) is 0 Å². The molecule has 0 amide bonds. The highest BCUT2D eigenvalue weighted by molar-refractivity contribution is 9.10. The van der Waals surface area contributed by atoms with E-state index in [2.05, 4.69) is 25.9 Å². The number of nitrogens with zero attached hydrogens (tertiary/aromatic N) is 2. The van der Waals surface area contributed by atoms with E-state index in [1.54, 1.807) is 13.8 Å². The second-order valence-corrected chi connectivity index (χ2v) is 5.54. The SMILES string of the molecule is CCOC(=O)c1c(C)nc(N)nc1-c1ccc(OCC)c(Br)c1. The molecule has 0 saturated carbocycles. The van der Waals surface area contributed by atoms with Gasteiger partial charge in [-0.05, 0) is 54.9 Å². The number of rotatable bonds is 5. The minimum Gasteiger partial charge on any atom is -0.493 e. The first-order chi connectivity index (χ1) is 11.0. The molecule has 0 saturated heterocycles. The predicted octanol–water partition coefficient (Wildman–Crippen LogP) is 3.37. The largest absolute Gasteiger partial charge is 0.493 e. The van der Waals surface area contributed by atoms with E-state index in [1.807, 2.05) is 25.1 Å². The van der Waals surface area contributed by atoms with E-state index in [0.29, 0.717) is 29.3 Å². The van der Waals surface area contributed by atoms with Crippen molar-refractivity contribution in [1.82, 2.24) is 9.97 Å². The molecular formula is C16H18BrN3O3. The molecule has 122 valence electrons. The summed E-state index contributed by atoms with van der Waals surface area (Å²) in [6.45, 7) is 6.20. The Kier molecular flexibility index (Phi) is 5.54.